The summed E-state index contributed by atoms with van der Waals surface area (Å²) >= 11 is 5.95. The molecule has 1 N–H and O–H groups in total. The summed E-state index contributed by atoms with van der Waals surface area (Å²) in [4.78, 5) is 11.8. The molecule has 1 fully saturated rings. The number of carbonyl (C=O) groups is 1. The van der Waals surface area contributed by atoms with Crippen molar-refractivity contribution in [1.29, 1.82) is 0 Å². The normalized spacial score (nSPS) is 14.5. The van der Waals surface area contributed by atoms with E-state index in [1.165, 1.54) is 13.2 Å². The molecule has 0 aliphatic heterocycles. The molecular weight excluding hydrogens is 328 g/mol. The van der Waals surface area contributed by atoms with Crippen LogP contribution in [0.25, 0.3) is 0 Å². The molecule has 0 radical (unpaired) electrons. The van der Waals surface area contributed by atoms with Gasteiger partial charge in [0.2, 0.25) is 15.9 Å². The minimum atomic E-state index is -3.56. The fourth-order valence-corrected chi connectivity index (χ4v) is 3.14. The molecule has 0 aromatic heterocycles. The van der Waals surface area contributed by atoms with E-state index in [2.05, 4.69) is 5.32 Å². The maximum absolute atomic E-state index is 12.1. The number of sulfonamides is 1. The third-order valence-corrected chi connectivity index (χ3v) is 4.71. The van der Waals surface area contributed by atoms with Crippen LogP contribution in [-0.4, -0.2) is 40.3 Å². The van der Waals surface area contributed by atoms with Gasteiger partial charge in [-0.05, 0) is 31.0 Å². The van der Waals surface area contributed by atoms with E-state index in [0.29, 0.717) is 16.5 Å². The van der Waals surface area contributed by atoms with Crippen LogP contribution in [0.3, 0.4) is 0 Å². The van der Waals surface area contributed by atoms with Gasteiger partial charge in [-0.1, -0.05) is 11.6 Å². The molecule has 1 aliphatic carbocycles. The van der Waals surface area contributed by atoms with Crippen LogP contribution >= 0.6 is 11.6 Å². The Morgan fingerprint density at radius 2 is 2.14 bits per heavy atom. The van der Waals surface area contributed by atoms with Crippen LogP contribution < -0.4 is 14.4 Å². The predicted molar refractivity (Wildman–Crippen MR) is 86.0 cm³/mol. The number of anilines is 1. The highest BCUT2D eigenvalue weighted by Gasteiger charge is 2.25. The molecule has 1 saturated carbocycles. The minimum absolute atomic E-state index is 0.0358. The number of ether oxygens (including phenoxy) is 1. The van der Waals surface area contributed by atoms with Gasteiger partial charge in [-0.25, -0.2) is 8.42 Å². The third-order valence-electron chi connectivity index (χ3n) is 3.29. The Morgan fingerprint density at radius 1 is 1.45 bits per heavy atom. The highest BCUT2D eigenvalue weighted by molar-refractivity contribution is 7.92. The van der Waals surface area contributed by atoms with Crippen LogP contribution in [0.5, 0.6) is 5.75 Å². The number of amides is 1. The number of methoxy groups -OCH3 is 1. The van der Waals surface area contributed by atoms with Crippen molar-refractivity contribution in [1.82, 2.24) is 5.32 Å². The van der Waals surface area contributed by atoms with E-state index in [4.69, 9.17) is 16.3 Å². The van der Waals surface area contributed by atoms with Crippen LogP contribution in [0, 0.1) is 0 Å². The maximum Gasteiger partial charge on any atom is 0.232 e. The lowest BCUT2D eigenvalue weighted by molar-refractivity contribution is -0.121. The van der Waals surface area contributed by atoms with Crippen molar-refractivity contribution in [3.63, 3.8) is 0 Å². The molecule has 2 rings (SSSR count). The Bertz CT molecular complexity index is 659. The van der Waals surface area contributed by atoms with Crippen LogP contribution in [0.2, 0.25) is 5.02 Å². The second-order valence-electron chi connectivity index (χ2n) is 5.24. The Hall–Kier alpha value is -1.47. The Morgan fingerprint density at radius 3 is 2.68 bits per heavy atom. The monoisotopic (exact) mass is 346 g/mol. The van der Waals surface area contributed by atoms with Crippen molar-refractivity contribution in [2.45, 2.75) is 25.3 Å². The van der Waals surface area contributed by atoms with Gasteiger partial charge in [0.15, 0.2) is 0 Å². The highest BCUT2D eigenvalue weighted by atomic mass is 35.5. The quantitative estimate of drug-likeness (QED) is 0.816. The van der Waals surface area contributed by atoms with Gasteiger partial charge in [0.1, 0.15) is 5.75 Å². The summed E-state index contributed by atoms with van der Waals surface area (Å²) in [5.74, 6) is 0.231. The summed E-state index contributed by atoms with van der Waals surface area (Å²) in [7, 11) is -2.11. The molecule has 1 aliphatic rings. The molecule has 0 heterocycles. The fourth-order valence-electron chi connectivity index (χ4n) is 2.05. The van der Waals surface area contributed by atoms with E-state index < -0.39 is 10.0 Å². The molecule has 122 valence electrons. The summed E-state index contributed by atoms with van der Waals surface area (Å²) in [6.07, 6.45) is 3.15. The first-order chi connectivity index (χ1) is 10.3. The lowest BCUT2D eigenvalue weighted by Crippen LogP contribution is -2.35. The molecule has 1 aromatic carbocycles. The number of hydrogen-bond acceptors (Lipinski definition) is 4. The van der Waals surface area contributed by atoms with E-state index in [1.54, 1.807) is 12.1 Å². The molecule has 0 spiro atoms. The van der Waals surface area contributed by atoms with E-state index in [0.717, 1.165) is 23.4 Å². The van der Waals surface area contributed by atoms with E-state index >= 15 is 0 Å². The van der Waals surface area contributed by atoms with Crippen molar-refractivity contribution < 1.29 is 17.9 Å². The number of rotatable bonds is 7. The molecule has 8 heteroatoms. The summed E-state index contributed by atoms with van der Waals surface area (Å²) in [5.41, 5.74) is 0.330. The first-order valence-corrected chi connectivity index (χ1v) is 9.14. The lowest BCUT2D eigenvalue weighted by atomic mass is 10.2. The average molecular weight is 347 g/mol. The molecule has 0 unspecified atom stereocenters. The van der Waals surface area contributed by atoms with Gasteiger partial charge in [-0.3, -0.25) is 9.10 Å². The second-order valence-corrected chi connectivity index (χ2v) is 7.59. The van der Waals surface area contributed by atoms with Gasteiger partial charge in [0.25, 0.3) is 0 Å². The van der Waals surface area contributed by atoms with Gasteiger partial charge in [-0.15, -0.1) is 0 Å². The molecule has 1 aromatic rings. The SMILES string of the molecule is COc1ccc(Cl)cc1N(CCC(=O)NC1CC1)S(C)(=O)=O. The number of halogens is 1. The Kier molecular flexibility index (Phi) is 5.18. The van der Waals surface area contributed by atoms with Gasteiger partial charge >= 0.3 is 0 Å². The number of nitrogens with zero attached hydrogens (tertiary/aromatic N) is 1. The maximum atomic E-state index is 12.1. The van der Waals surface area contributed by atoms with Crippen molar-refractivity contribution in [2.75, 3.05) is 24.2 Å². The standard InChI is InChI=1S/C14H19ClN2O4S/c1-21-13-6-3-10(15)9-12(13)17(22(2,19)20)8-7-14(18)16-11-4-5-11/h3,6,9,11H,4-5,7-8H2,1-2H3,(H,16,18). The highest BCUT2D eigenvalue weighted by Crippen LogP contribution is 2.32. The van der Waals surface area contributed by atoms with Crippen LogP contribution in [-0.2, 0) is 14.8 Å². The average Bonchev–Trinajstić information content (AvgIpc) is 3.21. The smallest absolute Gasteiger partial charge is 0.232 e. The van der Waals surface area contributed by atoms with Gasteiger partial charge in [0.05, 0.1) is 19.1 Å². The number of hydrogen-bond donors (Lipinski definition) is 1. The minimum Gasteiger partial charge on any atom is -0.495 e. The fraction of sp³-hybridized carbons (Fsp3) is 0.500. The number of benzene rings is 1. The van der Waals surface area contributed by atoms with Crippen LogP contribution in [0.1, 0.15) is 19.3 Å². The number of nitrogens with one attached hydrogen (secondary N) is 1. The summed E-state index contributed by atoms with van der Waals surface area (Å²) < 4.78 is 30.4. The zero-order valence-electron chi connectivity index (χ0n) is 12.5. The zero-order valence-corrected chi connectivity index (χ0v) is 14.1. The third kappa shape index (κ3) is 4.51. The van der Waals surface area contributed by atoms with Crippen molar-refractivity contribution in [3.05, 3.63) is 23.2 Å². The molecule has 0 atom stereocenters. The molecule has 6 nitrogen and oxygen atoms in total. The van der Waals surface area contributed by atoms with E-state index in [9.17, 15) is 13.2 Å². The molecule has 1 amide bonds. The van der Waals surface area contributed by atoms with Gasteiger partial charge < -0.3 is 10.1 Å². The van der Waals surface area contributed by atoms with E-state index in [-0.39, 0.29) is 24.9 Å². The summed E-state index contributed by atoms with van der Waals surface area (Å²) in [6.45, 7) is 0.0358. The zero-order chi connectivity index (χ0) is 16.3. The molecular formula is C14H19ClN2O4S. The van der Waals surface area contributed by atoms with E-state index in [1.807, 2.05) is 0 Å². The van der Waals surface area contributed by atoms with Crippen molar-refractivity contribution in [3.8, 4) is 5.75 Å². The van der Waals surface area contributed by atoms with Crippen LogP contribution in [0.4, 0.5) is 5.69 Å². The summed E-state index contributed by atoms with van der Waals surface area (Å²) in [6, 6.07) is 4.98. The van der Waals surface area contributed by atoms with Gasteiger partial charge in [-0.2, -0.15) is 0 Å². The Labute approximate surface area is 135 Å². The first kappa shape index (κ1) is 16.9. The number of carbonyl (C=O) groups excluding carboxylic acids is 1. The van der Waals surface area contributed by atoms with Crippen LogP contribution in [0.15, 0.2) is 18.2 Å². The largest absolute Gasteiger partial charge is 0.495 e. The molecule has 0 bridgehead atoms. The summed E-state index contributed by atoms with van der Waals surface area (Å²) in [5, 5.41) is 3.23. The lowest BCUT2D eigenvalue weighted by Gasteiger charge is -2.24. The topological polar surface area (TPSA) is 75.7 Å². The Balaban J connectivity index is 2.19. The molecule has 22 heavy (non-hydrogen) atoms. The second kappa shape index (κ2) is 6.75. The van der Waals surface area contributed by atoms with Crippen molar-refractivity contribution >= 4 is 33.2 Å². The van der Waals surface area contributed by atoms with Gasteiger partial charge in [0, 0.05) is 24.0 Å². The predicted octanol–water partition coefficient (Wildman–Crippen LogP) is 1.78. The molecule has 0 saturated heterocycles. The van der Waals surface area contributed by atoms with Crippen molar-refractivity contribution in [2.24, 2.45) is 0 Å². The first-order valence-electron chi connectivity index (χ1n) is 6.92.